The lowest BCUT2D eigenvalue weighted by Crippen LogP contribution is -2.28. The van der Waals surface area contributed by atoms with E-state index in [4.69, 9.17) is 9.47 Å². The monoisotopic (exact) mass is 398 g/mol. The zero-order valence-corrected chi connectivity index (χ0v) is 16.4. The Labute approximate surface area is 168 Å². The van der Waals surface area contributed by atoms with Gasteiger partial charge in [0.2, 0.25) is 11.8 Å². The van der Waals surface area contributed by atoms with Gasteiger partial charge in [0.1, 0.15) is 11.5 Å². The molecule has 8 heteroatoms. The molecular weight excluding hydrogens is 376 g/mol. The fraction of sp³-hybridized carbons (Fsp3) is 0.286. The summed E-state index contributed by atoms with van der Waals surface area (Å²) >= 11 is 0. The number of hydrogen-bond acceptors (Lipinski definition) is 6. The predicted octanol–water partition coefficient (Wildman–Crippen LogP) is 2.48. The molecule has 0 unspecified atom stereocenters. The summed E-state index contributed by atoms with van der Waals surface area (Å²) in [5.74, 6) is -0.268. The normalized spacial score (nSPS) is 15.8. The zero-order chi connectivity index (χ0) is 21.0. The molecule has 1 aliphatic heterocycles. The van der Waals surface area contributed by atoms with Crippen LogP contribution in [0.3, 0.4) is 0 Å². The summed E-state index contributed by atoms with van der Waals surface area (Å²) in [4.78, 5) is 38.2. The molecule has 8 nitrogen and oxygen atoms in total. The second kappa shape index (κ2) is 8.64. The number of rotatable bonds is 6. The van der Waals surface area contributed by atoms with Crippen molar-refractivity contribution in [3.63, 3.8) is 0 Å². The van der Waals surface area contributed by atoms with Gasteiger partial charge >= 0.3 is 5.97 Å². The molecule has 2 aromatic rings. The summed E-state index contributed by atoms with van der Waals surface area (Å²) in [5.41, 5.74) is 1.52. The lowest BCUT2D eigenvalue weighted by atomic mass is 10.1. The molecule has 1 heterocycles. The summed E-state index contributed by atoms with van der Waals surface area (Å²) < 4.78 is 15.2. The van der Waals surface area contributed by atoms with Crippen molar-refractivity contribution >= 4 is 29.2 Å². The first-order valence-electron chi connectivity index (χ1n) is 8.98. The van der Waals surface area contributed by atoms with E-state index in [2.05, 4.69) is 10.1 Å². The number of carbonyl (C=O) groups excluding carboxylic acids is 3. The number of anilines is 2. The van der Waals surface area contributed by atoms with Crippen LogP contribution in [0.5, 0.6) is 11.5 Å². The molecule has 0 spiro atoms. The van der Waals surface area contributed by atoms with Crippen LogP contribution in [0.1, 0.15) is 16.8 Å². The molecule has 152 valence electrons. The van der Waals surface area contributed by atoms with Gasteiger partial charge in [-0.25, -0.2) is 4.79 Å². The van der Waals surface area contributed by atoms with E-state index < -0.39 is 11.9 Å². The lowest BCUT2D eigenvalue weighted by molar-refractivity contribution is -0.122. The van der Waals surface area contributed by atoms with E-state index in [1.165, 1.54) is 14.2 Å². The Hall–Kier alpha value is -3.55. The summed E-state index contributed by atoms with van der Waals surface area (Å²) in [6.07, 6.45) is 0.0985. The lowest BCUT2D eigenvalue weighted by Gasteiger charge is -2.20. The number of ether oxygens (including phenoxy) is 3. The minimum absolute atomic E-state index is 0.0985. The minimum atomic E-state index is -0.505. The SMILES string of the molecule is COC(=O)c1ccc(NC(=O)[C@@H]2CC(=O)N(c3ccc(OC)cc3OC)C2)cc1. The first-order chi connectivity index (χ1) is 14.0. The van der Waals surface area contributed by atoms with E-state index >= 15 is 0 Å². The van der Waals surface area contributed by atoms with E-state index in [9.17, 15) is 14.4 Å². The molecule has 1 saturated heterocycles. The Balaban J connectivity index is 1.70. The summed E-state index contributed by atoms with van der Waals surface area (Å²) in [5, 5.41) is 2.79. The highest BCUT2D eigenvalue weighted by atomic mass is 16.5. The molecule has 1 aliphatic rings. The Morgan fingerprint density at radius 1 is 1.03 bits per heavy atom. The molecule has 1 N–H and O–H groups in total. The standard InChI is InChI=1S/C21H22N2O6/c1-27-16-8-9-17(18(11-16)28-2)23-12-14(10-19(23)24)20(25)22-15-6-4-13(5-7-15)21(26)29-3/h4-9,11,14H,10,12H2,1-3H3,(H,22,25)/t14-/m1/s1. The van der Waals surface area contributed by atoms with Crippen molar-refractivity contribution in [2.45, 2.75) is 6.42 Å². The number of nitrogens with one attached hydrogen (secondary N) is 1. The molecule has 0 saturated carbocycles. The number of carbonyl (C=O) groups is 3. The van der Waals surface area contributed by atoms with Crippen molar-refractivity contribution in [3.05, 3.63) is 48.0 Å². The van der Waals surface area contributed by atoms with Crippen LogP contribution in [0.4, 0.5) is 11.4 Å². The van der Waals surface area contributed by atoms with Gasteiger partial charge in [0.05, 0.1) is 38.5 Å². The number of amides is 2. The van der Waals surface area contributed by atoms with Crippen molar-refractivity contribution in [1.29, 1.82) is 0 Å². The Morgan fingerprint density at radius 3 is 2.38 bits per heavy atom. The number of hydrogen-bond donors (Lipinski definition) is 1. The van der Waals surface area contributed by atoms with Crippen molar-refractivity contribution < 1.29 is 28.6 Å². The fourth-order valence-corrected chi connectivity index (χ4v) is 3.18. The van der Waals surface area contributed by atoms with Crippen LogP contribution in [0.15, 0.2) is 42.5 Å². The average molecular weight is 398 g/mol. The second-order valence-electron chi connectivity index (χ2n) is 6.50. The van der Waals surface area contributed by atoms with Gasteiger partial charge in [-0.05, 0) is 36.4 Å². The molecule has 0 radical (unpaired) electrons. The summed E-state index contributed by atoms with van der Waals surface area (Å²) in [6, 6.07) is 11.5. The molecule has 2 amide bonds. The van der Waals surface area contributed by atoms with E-state index in [1.54, 1.807) is 54.5 Å². The predicted molar refractivity (Wildman–Crippen MR) is 106 cm³/mol. The van der Waals surface area contributed by atoms with E-state index in [1.807, 2.05) is 0 Å². The number of methoxy groups -OCH3 is 3. The van der Waals surface area contributed by atoms with Crippen molar-refractivity contribution in [2.24, 2.45) is 5.92 Å². The van der Waals surface area contributed by atoms with Crippen LogP contribution in [-0.2, 0) is 14.3 Å². The number of benzene rings is 2. The molecule has 0 bridgehead atoms. The van der Waals surface area contributed by atoms with Crippen molar-refractivity contribution in [1.82, 2.24) is 0 Å². The van der Waals surface area contributed by atoms with Crippen LogP contribution in [-0.4, -0.2) is 45.7 Å². The molecule has 3 rings (SSSR count). The van der Waals surface area contributed by atoms with Gasteiger partial charge in [-0.3, -0.25) is 9.59 Å². The van der Waals surface area contributed by atoms with Gasteiger partial charge in [-0.2, -0.15) is 0 Å². The summed E-state index contributed by atoms with van der Waals surface area (Å²) in [7, 11) is 4.37. The molecule has 1 fully saturated rings. The molecule has 0 aromatic heterocycles. The quantitative estimate of drug-likeness (QED) is 0.752. The highest BCUT2D eigenvalue weighted by Crippen LogP contribution is 2.36. The van der Waals surface area contributed by atoms with Gasteiger partial charge in [-0.1, -0.05) is 0 Å². The maximum Gasteiger partial charge on any atom is 0.337 e. The van der Waals surface area contributed by atoms with Crippen LogP contribution >= 0.6 is 0 Å². The molecule has 2 aromatic carbocycles. The van der Waals surface area contributed by atoms with Crippen LogP contribution in [0, 0.1) is 5.92 Å². The van der Waals surface area contributed by atoms with Gasteiger partial charge in [0, 0.05) is 24.7 Å². The molecule has 1 atom stereocenters. The zero-order valence-electron chi connectivity index (χ0n) is 16.4. The first kappa shape index (κ1) is 20.2. The molecule has 29 heavy (non-hydrogen) atoms. The van der Waals surface area contributed by atoms with Crippen molar-refractivity contribution in [3.8, 4) is 11.5 Å². The topological polar surface area (TPSA) is 94.2 Å². The first-order valence-corrected chi connectivity index (χ1v) is 8.98. The van der Waals surface area contributed by atoms with Crippen LogP contribution < -0.4 is 19.7 Å². The fourth-order valence-electron chi connectivity index (χ4n) is 3.18. The minimum Gasteiger partial charge on any atom is -0.497 e. The smallest absolute Gasteiger partial charge is 0.337 e. The molecular formula is C21H22N2O6. The van der Waals surface area contributed by atoms with E-state index in [0.29, 0.717) is 28.4 Å². The highest BCUT2D eigenvalue weighted by Gasteiger charge is 2.36. The number of nitrogens with zero attached hydrogens (tertiary/aromatic N) is 1. The Morgan fingerprint density at radius 2 is 1.76 bits per heavy atom. The third-order valence-electron chi connectivity index (χ3n) is 4.75. The third kappa shape index (κ3) is 4.31. The summed E-state index contributed by atoms with van der Waals surface area (Å²) in [6.45, 7) is 0.244. The van der Waals surface area contributed by atoms with Gasteiger partial charge in [-0.15, -0.1) is 0 Å². The highest BCUT2D eigenvalue weighted by molar-refractivity contribution is 6.04. The maximum absolute atomic E-state index is 12.6. The van der Waals surface area contributed by atoms with E-state index in [0.717, 1.165) is 0 Å². The molecule has 0 aliphatic carbocycles. The number of esters is 1. The van der Waals surface area contributed by atoms with Gasteiger partial charge < -0.3 is 24.4 Å². The maximum atomic E-state index is 12.6. The van der Waals surface area contributed by atoms with Crippen LogP contribution in [0.25, 0.3) is 0 Å². The van der Waals surface area contributed by atoms with Crippen molar-refractivity contribution in [2.75, 3.05) is 38.1 Å². The third-order valence-corrected chi connectivity index (χ3v) is 4.75. The van der Waals surface area contributed by atoms with Crippen LogP contribution in [0.2, 0.25) is 0 Å². The average Bonchev–Trinajstić information content (AvgIpc) is 3.14. The van der Waals surface area contributed by atoms with E-state index in [-0.39, 0.29) is 24.8 Å². The Bertz CT molecular complexity index is 925. The Kier molecular flexibility index (Phi) is 6.01. The second-order valence-corrected chi connectivity index (χ2v) is 6.50. The van der Waals surface area contributed by atoms with Gasteiger partial charge in [0.15, 0.2) is 0 Å². The largest absolute Gasteiger partial charge is 0.497 e. The van der Waals surface area contributed by atoms with Gasteiger partial charge in [0.25, 0.3) is 0 Å².